The number of ether oxygens (including phenoxy) is 1. The highest BCUT2D eigenvalue weighted by molar-refractivity contribution is 7.89. The molecule has 7 heteroatoms. The number of rotatable bonds is 7. The molecule has 0 spiro atoms. The van der Waals surface area contributed by atoms with E-state index >= 15 is 0 Å². The van der Waals surface area contributed by atoms with Crippen LogP contribution < -0.4 is 9.46 Å². The Kier molecular flexibility index (Phi) is 7.03. The van der Waals surface area contributed by atoms with E-state index in [-0.39, 0.29) is 10.9 Å². The summed E-state index contributed by atoms with van der Waals surface area (Å²) < 4.78 is 36.5. The van der Waals surface area contributed by atoms with E-state index in [9.17, 15) is 8.42 Å². The monoisotopic (exact) mass is 419 g/mol. The fraction of sp³-hybridized carbons (Fsp3) is 0.545. The van der Waals surface area contributed by atoms with Crippen molar-refractivity contribution < 1.29 is 13.2 Å². The number of aryl methyl sites for hydroxylation is 3. The van der Waals surface area contributed by atoms with E-state index < -0.39 is 10.0 Å². The maximum Gasteiger partial charge on any atom is 0.240 e. The van der Waals surface area contributed by atoms with Gasteiger partial charge in [-0.3, -0.25) is 4.90 Å². The minimum absolute atomic E-state index is 0.0170. The molecule has 1 N–H and O–H groups in total. The molecule has 2 aromatic rings. The molecule has 1 aliphatic rings. The van der Waals surface area contributed by atoms with E-state index in [0.717, 1.165) is 48.5 Å². The van der Waals surface area contributed by atoms with E-state index in [2.05, 4.69) is 20.3 Å². The third-order valence-electron chi connectivity index (χ3n) is 5.82. The van der Waals surface area contributed by atoms with Crippen LogP contribution in [0.15, 0.2) is 35.4 Å². The second-order valence-electron chi connectivity index (χ2n) is 7.95. The summed E-state index contributed by atoms with van der Waals surface area (Å²) in [5.74, 6) is 0.732. The van der Waals surface area contributed by atoms with Gasteiger partial charge in [0, 0.05) is 25.5 Å². The molecular weight excluding hydrogens is 386 g/mol. The lowest BCUT2D eigenvalue weighted by Crippen LogP contribution is -2.39. The molecule has 1 aromatic carbocycles. The molecule has 1 aromatic heterocycles. The van der Waals surface area contributed by atoms with Gasteiger partial charge in [-0.05, 0) is 75.2 Å². The van der Waals surface area contributed by atoms with Crippen LogP contribution in [-0.2, 0) is 17.1 Å². The molecule has 1 atom stereocenters. The topological polar surface area (TPSA) is 63.6 Å². The Morgan fingerprint density at radius 2 is 1.72 bits per heavy atom. The number of sulfonamides is 1. The Morgan fingerprint density at radius 1 is 1.10 bits per heavy atom. The fourth-order valence-corrected chi connectivity index (χ4v) is 5.52. The number of nitrogens with zero attached hydrogens (tertiary/aromatic N) is 2. The van der Waals surface area contributed by atoms with Crippen molar-refractivity contribution in [2.45, 2.75) is 50.5 Å². The van der Waals surface area contributed by atoms with Gasteiger partial charge in [0.25, 0.3) is 0 Å². The maximum atomic E-state index is 13.1. The molecule has 6 nitrogen and oxygen atoms in total. The normalized spacial score (nSPS) is 17.1. The first kappa shape index (κ1) is 21.9. The van der Waals surface area contributed by atoms with Crippen molar-refractivity contribution in [2.75, 3.05) is 26.7 Å². The van der Waals surface area contributed by atoms with Gasteiger partial charge in [-0.25, -0.2) is 13.1 Å². The standard InChI is InChI=1S/C22H33N3O3S/c1-17-14-19(15-18(2)22(17)28-4)29(26,27)23-16-21(20-10-9-11-24(20)3)25-12-7-5-6-8-13-25/h9-11,14-15,21,23H,5-8,12-13,16H2,1-4H3. The summed E-state index contributed by atoms with van der Waals surface area (Å²) in [4.78, 5) is 2.71. The lowest BCUT2D eigenvalue weighted by atomic mass is 10.1. The van der Waals surface area contributed by atoms with Crippen LogP contribution in [0.3, 0.4) is 0 Å². The molecule has 0 radical (unpaired) electrons. The molecule has 160 valence electrons. The summed E-state index contributed by atoms with van der Waals surface area (Å²) >= 11 is 0. The first-order valence-electron chi connectivity index (χ1n) is 10.3. The van der Waals surface area contributed by atoms with Crippen LogP contribution in [-0.4, -0.2) is 44.6 Å². The van der Waals surface area contributed by atoms with Crippen molar-refractivity contribution in [3.8, 4) is 5.75 Å². The molecule has 1 aliphatic heterocycles. The zero-order valence-electron chi connectivity index (χ0n) is 17.9. The number of benzene rings is 1. The summed E-state index contributed by atoms with van der Waals surface area (Å²) in [6, 6.07) is 7.48. The number of methoxy groups -OCH3 is 1. The second kappa shape index (κ2) is 9.32. The Hall–Kier alpha value is -1.83. The van der Waals surface area contributed by atoms with Crippen molar-refractivity contribution in [2.24, 2.45) is 7.05 Å². The van der Waals surface area contributed by atoms with Gasteiger partial charge in [0.05, 0.1) is 18.0 Å². The molecule has 0 bridgehead atoms. The molecule has 0 amide bonds. The summed E-state index contributed by atoms with van der Waals surface area (Å²) in [6.45, 7) is 6.09. The minimum Gasteiger partial charge on any atom is -0.496 e. The van der Waals surface area contributed by atoms with Crippen molar-refractivity contribution in [1.82, 2.24) is 14.2 Å². The lowest BCUT2D eigenvalue weighted by Gasteiger charge is -2.31. The SMILES string of the molecule is COc1c(C)cc(S(=O)(=O)NCC(c2cccn2C)N2CCCCCC2)cc1C. The van der Waals surface area contributed by atoms with Crippen LogP contribution >= 0.6 is 0 Å². The second-order valence-corrected chi connectivity index (χ2v) is 9.72. The highest BCUT2D eigenvalue weighted by Crippen LogP contribution is 2.28. The fourth-order valence-electron chi connectivity index (χ4n) is 4.31. The zero-order valence-corrected chi connectivity index (χ0v) is 18.8. The molecule has 3 rings (SSSR count). The Bertz CT molecular complexity index is 906. The zero-order chi connectivity index (χ0) is 21.0. The van der Waals surface area contributed by atoms with Crippen molar-refractivity contribution in [1.29, 1.82) is 0 Å². The largest absolute Gasteiger partial charge is 0.496 e. The highest BCUT2D eigenvalue weighted by atomic mass is 32.2. The summed E-state index contributed by atoms with van der Waals surface area (Å²) in [6.07, 6.45) is 6.82. The van der Waals surface area contributed by atoms with E-state index in [1.54, 1.807) is 19.2 Å². The van der Waals surface area contributed by atoms with E-state index in [4.69, 9.17) is 4.74 Å². The average molecular weight is 420 g/mol. The molecular formula is C22H33N3O3S. The number of likely N-dealkylation sites (tertiary alicyclic amines) is 1. The van der Waals surface area contributed by atoms with Gasteiger partial charge >= 0.3 is 0 Å². The van der Waals surface area contributed by atoms with Gasteiger partial charge in [0.2, 0.25) is 10.0 Å². The average Bonchev–Trinajstić information content (AvgIpc) is 2.92. The first-order chi connectivity index (χ1) is 13.8. The lowest BCUT2D eigenvalue weighted by molar-refractivity contribution is 0.199. The van der Waals surface area contributed by atoms with Crippen LogP contribution in [0.4, 0.5) is 0 Å². The minimum atomic E-state index is -3.62. The predicted molar refractivity (Wildman–Crippen MR) is 116 cm³/mol. The van der Waals surface area contributed by atoms with Crippen LogP contribution in [0.2, 0.25) is 0 Å². The maximum absolute atomic E-state index is 13.1. The Balaban J connectivity index is 1.84. The van der Waals surface area contributed by atoms with Gasteiger partial charge in [0.1, 0.15) is 5.75 Å². The quantitative estimate of drug-likeness (QED) is 0.746. The Labute approximate surface area is 174 Å². The number of aromatic nitrogens is 1. The first-order valence-corrected chi connectivity index (χ1v) is 11.8. The van der Waals surface area contributed by atoms with Crippen LogP contribution in [0.1, 0.15) is 48.5 Å². The summed E-state index contributed by atoms with van der Waals surface area (Å²) in [5, 5.41) is 0. The molecule has 29 heavy (non-hydrogen) atoms. The summed E-state index contributed by atoms with van der Waals surface area (Å²) in [7, 11) is 0.00476. The van der Waals surface area contributed by atoms with Crippen LogP contribution in [0.5, 0.6) is 5.75 Å². The van der Waals surface area contributed by atoms with Gasteiger partial charge < -0.3 is 9.30 Å². The van der Waals surface area contributed by atoms with Gasteiger partial charge in [-0.1, -0.05) is 12.8 Å². The van der Waals surface area contributed by atoms with E-state index in [1.807, 2.05) is 33.2 Å². The van der Waals surface area contributed by atoms with Crippen LogP contribution in [0.25, 0.3) is 0 Å². The summed E-state index contributed by atoms with van der Waals surface area (Å²) in [5.41, 5.74) is 2.77. The number of hydrogen-bond acceptors (Lipinski definition) is 4. The molecule has 2 heterocycles. The number of hydrogen-bond donors (Lipinski definition) is 1. The molecule has 1 saturated heterocycles. The molecule has 1 fully saturated rings. The van der Waals surface area contributed by atoms with Crippen LogP contribution in [0, 0.1) is 13.8 Å². The van der Waals surface area contributed by atoms with Crippen molar-refractivity contribution in [3.05, 3.63) is 47.3 Å². The Morgan fingerprint density at radius 3 is 2.24 bits per heavy atom. The van der Waals surface area contributed by atoms with Gasteiger partial charge in [-0.2, -0.15) is 0 Å². The molecule has 0 saturated carbocycles. The van der Waals surface area contributed by atoms with E-state index in [0.29, 0.717) is 6.54 Å². The smallest absolute Gasteiger partial charge is 0.240 e. The number of nitrogens with one attached hydrogen (secondary N) is 1. The van der Waals surface area contributed by atoms with Gasteiger partial charge in [0.15, 0.2) is 0 Å². The predicted octanol–water partition coefficient (Wildman–Crippen LogP) is 3.55. The third-order valence-corrected chi connectivity index (χ3v) is 7.22. The van der Waals surface area contributed by atoms with Crippen molar-refractivity contribution >= 4 is 10.0 Å². The molecule has 0 aliphatic carbocycles. The van der Waals surface area contributed by atoms with Gasteiger partial charge in [-0.15, -0.1) is 0 Å². The highest BCUT2D eigenvalue weighted by Gasteiger charge is 2.26. The van der Waals surface area contributed by atoms with E-state index in [1.165, 1.54) is 12.8 Å². The molecule has 1 unspecified atom stereocenters. The van der Waals surface area contributed by atoms with Crippen molar-refractivity contribution in [3.63, 3.8) is 0 Å². The third kappa shape index (κ3) is 5.02.